The molecule has 9 nitrogen and oxygen atoms in total. The lowest BCUT2D eigenvalue weighted by atomic mass is 9.88. The van der Waals surface area contributed by atoms with Gasteiger partial charge in [-0.25, -0.2) is 4.79 Å². The molecule has 238 valence electrons. The standard InChI is InChI=1S/C15H29N3O2.C6H11NO2.4C2H6.CH4O/c1-2-3-8-17-15(20)18-9-5-4-6-14(12-19)13-7-10-16-11-13;8-6(9)3-5-1-2-7-4-5;5*1-2/h12-14,16H,2-11H2,1H3,(H2,17,18,20);5,7H,1-4H2,(H,8,9);4*1-2H3;2H,1H3. The second-order valence-electron chi connectivity index (χ2n) is 8.04. The SMILES string of the molecule is CC.CC.CC.CC.CCCCNC(=O)NCCCCC(C=O)C1CCNC1.CO.O=C(O)CC1CCNC1. The Labute approximate surface area is 242 Å². The zero-order chi connectivity index (χ0) is 31.3. The van der Waals surface area contributed by atoms with E-state index in [1.54, 1.807) is 0 Å². The largest absolute Gasteiger partial charge is 0.481 e. The van der Waals surface area contributed by atoms with E-state index in [4.69, 9.17) is 10.2 Å². The normalized spacial score (nSPS) is 16.9. The molecule has 0 spiro atoms. The summed E-state index contributed by atoms with van der Waals surface area (Å²) in [7, 11) is 1.00. The highest BCUT2D eigenvalue weighted by molar-refractivity contribution is 5.73. The molecule has 39 heavy (non-hydrogen) atoms. The van der Waals surface area contributed by atoms with Gasteiger partial charge in [-0.2, -0.15) is 0 Å². The smallest absolute Gasteiger partial charge is 0.314 e. The van der Waals surface area contributed by atoms with Crippen LogP contribution in [-0.4, -0.2) is 74.9 Å². The van der Waals surface area contributed by atoms with Crippen molar-refractivity contribution in [3.63, 3.8) is 0 Å². The number of nitrogens with one attached hydrogen (secondary N) is 4. The van der Waals surface area contributed by atoms with E-state index in [1.165, 1.54) is 0 Å². The molecular weight excluding hydrogens is 496 g/mol. The Balaban J connectivity index is -0.000000169. The predicted octanol–water partition coefficient (Wildman–Crippen LogP) is 5.46. The van der Waals surface area contributed by atoms with E-state index >= 15 is 0 Å². The summed E-state index contributed by atoms with van der Waals surface area (Å²) < 4.78 is 0. The Morgan fingerprint density at radius 2 is 1.36 bits per heavy atom. The molecule has 3 unspecified atom stereocenters. The Bertz CT molecular complexity index is 470. The number of aliphatic carboxylic acids is 1. The van der Waals surface area contributed by atoms with Crippen LogP contribution in [0.2, 0.25) is 0 Å². The van der Waals surface area contributed by atoms with Crippen molar-refractivity contribution in [3.8, 4) is 0 Å². The molecule has 2 rings (SSSR count). The van der Waals surface area contributed by atoms with Gasteiger partial charge < -0.3 is 36.3 Å². The molecule has 2 saturated heterocycles. The quantitative estimate of drug-likeness (QED) is 0.137. The lowest BCUT2D eigenvalue weighted by Crippen LogP contribution is -2.36. The maximum absolute atomic E-state index is 11.4. The second-order valence-corrected chi connectivity index (χ2v) is 8.04. The molecule has 0 radical (unpaired) electrons. The average Bonchev–Trinajstić information content (AvgIpc) is 3.72. The number of hydrogen-bond acceptors (Lipinski definition) is 6. The highest BCUT2D eigenvalue weighted by atomic mass is 16.4. The minimum atomic E-state index is -0.677. The van der Waals surface area contributed by atoms with Crippen molar-refractivity contribution in [1.82, 2.24) is 21.3 Å². The van der Waals surface area contributed by atoms with Gasteiger partial charge in [-0.1, -0.05) is 75.2 Å². The third-order valence-electron chi connectivity index (χ3n) is 5.57. The van der Waals surface area contributed by atoms with Gasteiger partial charge in [0.25, 0.3) is 0 Å². The minimum Gasteiger partial charge on any atom is -0.481 e. The number of carboxylic acids is 1. The van der Waals surface area contributed by atoms with Crippen molar-refractivity contribution < 1.29 is 24.6 Å². The molecule has 0 aliphatic carbocycles. The van der Waals surface area contributed by atoms with Gasteiger partial charge in [-0.3, -0.25) is 4.79 Å². The monoisotopic (exact) mass is 565 g/mol. The highest BCUT2D eigenvalue weighted by Crippen LogP contribution is 2.22. The molecular formula is C30H68N4O5. The number of urea groups is 1. The molecule has 2 aliphatic rings. The number of hydrogen-bond donors (Lipinski definition) is 6. The van der Waals surface area contributed by atoms with Crippen LogP contribution < -0.4 is 21.3 Å². The van der Waals surface area contributed by atoms with Crippen molar-refractivity contribution in [2.24, 2.45) is 17.8 Å². The minimum absolute atomic E-state index is 0.0784. The van der Waals surface area contributed by atoms with Crippen molar-refractivity contribution in [2.75, 3.05) is 46.4 Å². The number of amides is 2. The van der Waals surface area contributed by atoms with Crippen LogP contribution in [0.15, 0.2) is 0 Å². The molecule has 3 atom stereocenters. The Morgan fingerprint density at radius 1 is 0.846 bits per heavy atom. The summed E-state index contributed by atoms with van der Waals surface area (Å²) in [4.78, 5) is 32.6. The van der Waals surface area contributed by atoms with Crippen LogP contribution in [-0.2, 0) is 9.59 Å². The van der Waals surface area contributed by atoms with E-state index in [9.17, 15) is 14.4 Å². The van der Waals surface area contributed by atoms with Gasteiger partial charge in [-0.15, -0.1) is 0 Å². The molecule has 0 aromatic heterocycles. The van der Waals surface area contributed by atoms with Crippen LogP contribution in [0.5, 0.6) is 0 Å². The van der Waals surface area contributed by atoms with E-state index in [1.807, 2.05) is 55.4 Å². The van der Waals surface area contributed by atoms with Crippen molar-refractivity contribution in [3.05, 3.63) is 0 Å². The van der Waals surface area contributed by atoms with Gasteiger partial charge in [0.15, 0.2) is 0 Å². The van der Waals surface area contributed by atoms with Crippen LogP contribution >= 0.6 is 0 Å². The Hall–Kier alpha value is -1.71. The number of aliphatic hydroxyl groups is 1. The molecule has 0 aromatic rings. The zero-order valence-electron chi connectivity index (χ0n) is 27.3. The predicted molar refractivity (Wildman–Crippen MR) is 167 cm³/mol. The summed E-state index contributed by atoms with van der Waals surface area (Å²) in [5.41, 5.74) is 0. The van der Waals surface area contributed by atoms with Crippen LogP contribution in [0.4, 0.5) is 4.79 Å². The third-order valence-corrected chi connectivity index (χ3v) is 5.57. The number of carboxylic acid groups (broad SMARTS) is 1. The molecule has 6 N–H and O–H groups in total. The molecule has 0 saturated carbocycles. The fourth-order valence-corrected chi connectivity index (χ4v) is 3.74. The van der Waals surface area contributed by atoms with Crippen LogP contribution in [0, 0.1) is 17.8 Å². The lowest BCUT2D eigenvalue weighted by Gasteiger charge is -2.16. The maximum atomic E-state index is 11.4. The summed E-state index contributed by atoms with van der Waals surface area (Å²) in [6.45, 7) is 23.4. The highest BCUT2D eigenvalue weighted by Gasteiger charge is 2.23. The van der Waals surface area contributed by atoms with E-state index in [-0.39, 0.29) is 11.9 Å². The number of aliphatic hydroxyl groups excluding tert-OH is 1. The molecule has 2 heterocycles. The number of carbonyl (C=O) groups excluding carboxylic acids is 2. The van der Waals surface area contributed by atoms with E-state index in [0.717, 1.165) is 91.1 Å². The van der Waals surface area contributed by atoms with Crippen LogP contribution in [0.25, 0.3) is 0 Å². The van der Waals surface area contributed by atoms with E-state index in [2.05, 4.69) is 28.2 Å². The summed E-state index contributed by atoms with van der Waals surface area (Å²) >= 11 is 0. The van der Waals surface area contributed by atoms with Crippen molar-refractivity contribution in [1.29, 1.82) is 0 Å². The van der Waals surface area contributed by atoms with Gasteiger partial charge in [0, 0.05) is 32.5 Å². The van der Waals surface area contributed by atoms with Crippen LogP contribution in [0.3, 0.4) is 0 Å². The first-order chi connectivity index (χ1) is 19.1. The summed E-state index contributed by atoms with van der Waals surface area (Å²) in [5.74, 6) is 0.396. The lowest BCUT2D eigenvalue weighted by molar-refractivity contribution is -0.137. The van der Waals surface area contributed by atoms with Gasteiger partial charge in [0.1, 0.15) is 6.29 Å². The topological polar surface area (TPSA) is 140 Å². The van der Waals surface area contributed by atoms with Gasteiger partial charge >= 0.3 is 12.0 Å². The molecule has 2 amide bonds. The van der Waals surface area contributed by atoms with E-state index in [0.29, 0.717) is 24.8 Å². The number of unbranched alkanes of at least 4 members (excludes halogenated alkanes) is 2. The first-order valence-electron chi connectivity index (χ1n) is 15.6. The summed E-state index contributed by atoms with van der Waals surface area (Å²) in [5, 5.41) is 27.4. The van der Waals surface area contributed by atoms with Crippen LogP contribution in [0.1, 0.15) is 114 Å². The first kappa shape index (κ1) is 47.1. The Kier molecular flexibility index (Phi) is 52.4. The summed E-state index contributed by atoms with van der Waals surface area (Å²) in [6.07, 6.45) is 8.55. The van der Waals surface area contributed by atoms with Gasteiger partial charge in [0.2, 0.25) is 0 Å². The number of aldehydes is 1. The van der Waals surface area contributed by atoms with Crippen molar-refractivity contribution >= 4 is 18.3 Å². The molecule has 0 bridgehead atoms. The van der Waals surface area contributed by atoms with Gasteiger partial charge in [-0.05, 0) is 70.1 Å². The van der Waals surface area contributed by atoms with E-state index < -0.39 is 5.97 Å². The molecule has 2 fully saturated rings. The first-order valence-corrected chi connectivity index (χ1v) is 15.6. The van der Waals surface area contributed by atoms with Crippen molar-refractivity contribution in [2.45, 2.75) is 114 Å². The zero-order valence-corrected chi connectivity index (χ0v) is 27.3. The fraction of sp³-hybridized carbons (Fsp3) is 0.900. The maximum Gasteiger partial charge on any atom is 0.314 e. The Morgan fingerprint density at radius 3 is 1.77 bits per heavy atom. The van der Waals surface area contributed by atoms with Gasteiger partial charge in [0.05, 0.1) is 0 Å². The molecule has 2 aliphatic heterocycles. The number of rotatable bonds is 12. The average molecular weight is 565 g/mol. The third kappa shape index (κ3) is 34.3. The fourth-order valence-electron chi connectivity index (χ4n) is 3.74. The molecule has 0 aromatic carbocycles. The molecule has 9 heteroatoms. The summed E-state index contributed by atoms with van der Waals surface area (Å²) in [6, 6.07) is -0.0784. The second kappa shape index (κ2) is 43.3. The number of carbonyl (C=O) groups is 3.